The number of rotatable bonds is 4. The number of carbonyl (C=O) groups is 1. The lowest BCUT2D eigenvalue weighted by atomic mass is 10.1. The summed E-state index contributed by atoms with van der Waals surface area (Å²) in [5, 5.41) is 2.75. The van der Waals surface area contributed by atoms with Gasteiger partial charge in [0.05, 0.1) is 0 Å². The molecule has 1 amide bonds. The molecule has 2 aromatic rings. The van der Waals surface area contributed by atoms with Crippen molar-refractivity contribution in [1.29, 1.82) is 0 Å². The molecule has 0 aliphatic carbocycles. The molecule has 0 radical (unpaired) electrons. The maximum Gasteiger partial charge on any atom is 0.264 e. The number of nitrogens with one attached hydrogen (secondary N) is 1. The van der Waals surface area contributed by atoms with E-state index >= 15 is 0 Å². The van der Waals surface area contributed by atoms with Crippen molar-refractivity contribution < 1.29 is 18.7 Å². The van der Waals surface area contributed by atoms with Gasteiger partial charge in [0.25, 0.3) is 5.91 Å². The minimum absolute atomic E-state index is 0.169. The van der Waals surface area contributed by atoms with E-state index in [-0.39, 0.29) is 18.3 Å². The van der Waals surface area contributed by atoms with Crippen LogP contribution in [0.1, 0.15) is 5.56 Å². The molecule has 1 aliphatic rings. The summed E-state index contributed by atoms with van der Waals surface area (Å²) in [6, 6.07) is 13.7. The van der Waals surface area contributed by atoms with Crippen LogP contribution in [0.4, 0.5) is 4.39 Å². The summed E-state index contributed by atoms with van der Waals surface area (Å²) in [7, 11) is 0. The lowest BCUT2D eigenvalue weighted by molar-refractivity contribution is -0.130. The van der Waals surface area contributed by atoms with Gasteiger partial charge in [-0.05, 0) is 30.2 Å². The molecule has 1 heterocycles. The second kappa shape index (κ2) is 6.47. The molecule has 0 bridgehead atoms. The van der Waals surface area contributed by atoms with Crippen LogP contribution >= 0.6 is 0 Å². The summed E-state index contributed by atoms with van der Waals surface area (Å²) in [6.07, 6.45) is -0.252. The van der Waals surface area contributed by atoms with Gasteiger partial charge in [-0.15, -0.1) is 0 Å². The number of halogens is 1. The zero-order valence-electron chi connectivity index (χ0n) is 11.9. The van der Waals surface area contributed by atoms with Crippen molar-refractivity contribution in [2.24, 2.45) is 0 Å². The Labute approximate surface area is 127 Å². The molecule has 22 heavy (non-hydrogen) atoms. The van der Waals surface area contributed by atoms with Gasteiger partial charge >= 0.3 is 0 Å². The number of amides is 1. The first-order valence-electron chi connectivity index (χ1n) is 7.13. The average molecular weight is 301 g/mol. The summed E-state index contributed by atoms with van der Waals surface area (Å²) in [4.78, 5) is 12.1. The Hall–Kier alpha value is -2.56. The molecule has 0 aromatic heterocycles. The number of benzene rings is 2. The van der Waals surface area contributed by atoms with Gasteiger partial charge in [0.15, 0.2) is 11.5 Å². The summed E-state index contributed by atoms with van der Waals surface area (Å²) < 4.78 is 24.6. The number of hydrogen-bond donors (Lipinski definition) is 1. The smallest absolute Gasteiger partial charge is 0.264 e. The number of ether oxygens (including phenoxy) is 2. The maximum atomic E-state index is 13.5. The Morgan fingerprint density at radius 1 is 1.14 bits per heavy atom. The summed E-state index contributed by atoms with van der Waals surface area (Å²) >= 11 is 0. The normalized spacial score (nSPS) is 16.1. The van der Waals surface area contributed by atoms with Gasteiger partial charge in [-0.3, -0.25) is 4.79 Å². The highest BCUT2D eigenvalue weighted by molar-refractivity contribution is 5.81. The number of hydrogen-bond acceptors (Lipinski definition) is 3. The van der Waals surface area contributed by atoms with Gasteiger partial charge < -0.3 is 14.8 Å². The third-order valence-corrected chi connectivity index (χ3v) is 3.45. The van der Waals surface area contributed by atoms with E-state index < -0.39 is 6.10 Å². The van der Waals surface area contributed by atoms with Crippen LogP contribution < -0.4 is 14.8 Å². The third-order valence-electron chi connectivity index (χ3n) is 3.45. The standard InChI is InChI=1S/C17H16FNO3/c18-13-6-2-1-5-12(13)9-10-19-17(20)16-11-21-14-7-3-4-8-15(14)22-16/h1-8,16H,9-11H2,(H,19,20)/t16-/m0/s1. The molecule has 1 N–H and O–H groups in total. The Kier molecular flexibility index (Phi) is 4.23. The molecule has 0 saturated carbocycles. The Morgan fingerprint density at radius 3 is 2.68 bits per heavy atom. The van der Waals surface area contributed by atoms with E-state index in [0.717, 1.165) is 0 Å². The topological polar surface area (TPSA) is 47.6 Å². The van der Waals surface area contributed by atoms with Crippen molar-refractivity contribution in [1.82, 2.24) is 5.32 Å². The second-order valence-electron chi connectivity index (χ2n) is 5.00. The molecule has 5 heteroatoms. The van der Waals surface area contributed by atoms with E-state index in [2.05, 4.69) is 5.32 Å². The van der Waals surface area contributed by atoms with Crippen LogP contribution in [0.5, 0.6) is 11.5 Å². The molecule has 1 atom stereocenters. The Balaban J connectivity index is 1.52. The molecular formula is C17H16FNO3. The SMILES string of the molecule is O=C(NCCc1ccccc1F)[C@@H]1COc2ccccc2O1. The van der Waals surface area contributed by atoms with Crippen molar-refractivity contribution in [3.8, 4) is 11.5 Å². The lowest BCUT2D eigenvalue weighted by Gasteiger charge is -2.25. The van der Waals surface area contributed by atoms with Crippen molar-refractivity contribution >= 4 is 5.91 Å². The fourth-order valence-electron chi connectivity index (χ4n) is 2.28. The maximum absolute atomic E-state index is 13.5. The number of fused-ring (bicyclic) bond motifs is 1. The van der Waals surface area contributed by atoms with E-state index in [0.29, 0.717) is 30.0 Å². The molecule has 2 aromatic carbocycles. The second-order valence-corrected chi connectivity index (χ2v) is 5.00. The number of para-hydroxylation sites is 2. The van der Waals surface area contributed by atoms with Gasteiger partial charge in [0.1, 0.15) is 12.4 Å². The third kappa shape index (κ3) is 3.19. The number of carbonyl (C=O) groups excluding carboxylic acids is 1. The molecule has 0 unspecified atom stereocenters. The highest BCUT2D eigenvalue weighted by atomic mass is 19.1. The summed E-state index contributed by atoms with van der Waals surface area (Å²) in [6.45, 7) is 0.518. The van der Waals surface area contributed by atoms with Crippen LogP contribution in [0.15, 0.2) is 48.5 Å². The zero-order chi connectivity index (χ0) is 15.4. The van der Waals surface area contributed by atoms with Crippen molar-refractivity contribution in [2.75, 3.05) is 13.2 Å². The van der Waals surface area contributed by atoms with E-state index in [4.69, 9.17) is 9.47 Å². The zero-order valence-corrected chi connectivity index (χ0v) is 11.9. The first kappa shape index (κ1) is 14.4. The van der Waals surface area contributed by atoms with Crippen molar-refractivity contribution in [2.45, 2.75) is 12.5 Å². The van der Waals surface area contributed by atoms with Crippen LogP contribution in [0.3, 0.4) is 0 Å². The lowest BCUT2D eigenvalue weighted by Crippen LogP contribution is -2.44. The monoisotopic (exact) mass is 301 g/mol. The minimum atomic E-state index is -0.685. The first-order chi connectivity index (χ1) is 10.7. The fourth-order valence-corrected chi connectivity index (χ4v) is 2.28. The summed E-state index contributed by atoms with van der Waals surface area (Å²) in [5.74, 6) is 0.676. The van der Waals surface area contributed by atoms with Gasteiger partial charge in [0.2, 0.25) is 6.10 Å². The van der Waals surface area contributed by atoms with E-state index in [1.807, 2.05) is 12.1 Å². The van der Waals surface area contributed by atoms with Crippen molar-refractivity contribution in [3.05, 3.63) is 59.9 Å². The molecular weight excluding hydrogens is 285 g/mol. The molecule has 0 fully saturated rings. The van der Waals surface area contributed by atoms with Crippen LogP contribution in [-0.2, 0) is 11.2 Å². The highest BCUT2D eigenvalue weighted by Crippen LogP contribution is 2.30. The molecule has 0 spiro atoms. The first-order valence-corrected chi connectivity index (χ1v) is 7.13. The van der Waals surface area contributed by atoms with Gasteiger partial charge in [-0.2, -0.15) is 0 Å². The van der Waals surface area contributed by atoms with Crippen LogP contribution in [-0.4, -0.2) is 25.2 Å². The minimum Gasteiger partial charge on any atom is -0.485 e. The quantitative estimate of drug-likeness (QED) is 0.943. The predicted octanol–water partition coefficient (Wildman–Crippen LogP) is 2.32. The highest BCUT2D eigenvalue weighted by Gasteiger charge is 2.26. The largest absolute Gasteiger partial charge is 0.485 e. The van der Waals surface area contributed by atoms with E-state index in [1.54, 1.807) is 30.3 Å². The Bertz CT molecular complexity index is 674. The Morgan fingerprint density at radius 2 is 1.86 bits per heavy atom. The van der Waals surface area contributed by atoms with Gasteiger partial charge in [-0.1, -0.05) is 30.3 Å². The average Bonchev–Trinajstić information content (AvgIpc) is 2.56. The van der Waals surface area contributed by atoms with Crippen LogP contribution in [0.25, 0.3) is 0 Å². The van der Waals surface area contributed by atoms with E-state index in [1.165, 1.54) is 6.07 Å². The predicted molar refractivity (Wildman–Crippen MR) is 79.5 cm³/mol. The van der Waals surface area contributed by atoms with E-state index in [9.17, 15) is 9.18 Å². The molecule has 114 valence electrons. The van der Waals surface area contributed by atoms with Gasteiger partial charge in [0, 0.05) is 6.54 Å². The summed E-state index contributed by atoms with van der Waals surface area (Å²) in [5.41, 5.74) is 0.578. The molecule has 0 saturated heterocycles. The van der Waals surface area contributed by atoms with Crippen LogP contribution in [0, 0.1) is 5.82 Å². The van der Waals surface area contributed by atoms with Crippen molar-refractivity contribution in [3.63, 3.8) is 0 Å². The molecule has 1 aliphatic heterocycles. The molecule has 3 rings (SSSR count). The van der Waals surface area contributed by atoms with Gasteiger partial charge in [-0.25, -0.2) is 4.39 Å². The fraction of sp³-hybridized carbons (Fsp3) is 0.235. The van der Waals surface area contributed by atoms with Crippen LogP contribution in [0.2, 0.25) is 0 Å². The molecule has 4 nitrogen and oxygen atoms in total.